The first-order valence-corrected chi connectivity index (χ1v) is 0.789. The van der Waals surface area contributed by atoms with Gasteiger partial charge < -0.3 is 0 Å². The molecule has 1 unspecified atom stereocenters. The summed E-state index contributed by atoms with van der Waals surface area (Å²) in [4.78, 5) is 0. The molecule has 0 heterocycles. The van der Waals surface area contributed by atoms with Gasteiger partial charge in [-0.1, -0.05) is 0 Å². The summed E-state index contributed by atoms with van der Waals surface area (Å²) in [6, 6.07) is 0. The van der Waals surface area contributed by atoms with Crippen LogP contribution in [0.3, 0.4) is 0 Å². The molecule has 0 amide bonds. The summed E-state index contributed by atoms with van der Waals surface area (Å²) >= 11 is 0. The molecule has 0 saturated heterocycles. The van der Waals surface area contributed by atoms with Crippen LogP contribution < -0.4 is 0 Å². The fourth-order valence-electron chi connectivity index (χ4n) is 0. The van der Waals surface area contributed by atoms with E-state index in [2.05, 4.69) is 12.3 Å². The molecule has 0 spiro atoms. The van der Waals surface area contributed by atoms with Crippen LogP contribution in [0.2, 0.25) is 0 Å². The third-order valence-corrected chi connectivity index (χ3v) is 0. The van der Waals surface area contributed by atoms with Gasteiger partial charge in [0.05, 0.1) is 0 Å². The second kappa shape index (κ2) is 12.1. The van der Waals surface area contributed by atoms with E-state index >= 15 is 0 Å². The van der Waals surface area contributed by atoms with Crippen molar-refractivity contribution in [2.75, 3.05) is 0 Å². The van der Waals surface area contributed by atoms with E-state index in [1.807, 2.05) is 0 Å². The molecular weight excluding hydrogens is 67.0 g/mol. The van der Waals surface area contributed by atoms with Crippen LogP contribution in [0, 0.1) is 12.3 Å². The Morgan fingerprint density at radius 2 is 1.75 bits per heavy atom. The van der Waals surface area contributed by atoms with E-state index in [4.69, 9.17) is 0 Å². The molecule has 0 aliphatic rings. The zero-order valence-electron chi connectivity index (χ0n) is 2.78. The van der Waals surface area contributed by atoms with Gasteiger partial charge in [0.1, 0.15) is 0 Å². The van der Waals surface area contributed by atoms with Gasteiger partial charge in [-0.25, -0.2) is 0 Å². The summed E-state index contributed by atoms with van der Waals surface area (Å²) in [5.74, 6) is 2.25. The Labute approximate surface area is 30.2 Å². The Kier molecular flexibility index (Phi) is 27.2. The lowest BCUT2D eigenvalue weighted by molar-refractivity contribution is 1.94. The maximum atomic E-state index is 4.60. The van der Waals surface area contributed by atoms with Gasteiger partial charge in [0.25, 0.3) is 0 Å². The third-order valence-electron chi connectivity index (χ3n) is 0. The van der Waals surface area contributed by atoms with Gasteiger partial charge in [0.2, 0.25) is 0 Å². The van der Waals surface area contributed by atoms with Crippen LogP contribution in [0.4, 0.5) is 0 Å². The van der Waals surface area contributed by atoms with E-state index in [1.165, 1.54) is 0 Å². The van der Waals surface area contributed by atoms with Crippen LogP contribution in [-0.4, -0.2) is 0 Å². The van der Waals surface area contributed by atoms with Gasteiger partial charge in [-0.2, -0.15) is 9.90 Å². The number of rotatable bonds is 0. The molecule has 0 aliphatic carbocycles. The van der Waals surface area contributed by atoms with Crippen molar-refractivity contribution in [3.05, 3.63) is 0 Å². The van der Waals surface area contributed by atoms with Crippen LogP contribution in [0.5, 0.6) is 0 Å². The number of hydrogen-bond acceptors (Lipinski definition) is 0. The molecule has 1 heteroatoms. The first-order chi connectivity index (χ1) is 1.41. The summed E-state index contributed by atoms with van der Waals surface area (Å²) in [6.45, 7) is 1.65. The van der Waals surface area contributed by atoms with Crippen LogP contribution >= 0.6 is 9.90 Å². The standard InChI is InChI=1S/C3H4.H3P/c1-3-2;/h1H,2H3;1H3. The Morgan fingerprint density at radius 3 is 1.75 bits per heavy atom. The minimum atomic E-state index is 0. The molecule has 0 saturated carbocycles. The number of hydrogen-bond donors (Lipinski definition) is 0. The highest BCUT2D eigenvalue weighted by Crippen LogP contribution is 1.21. The summed E-state index contributed by atoms with van der Waals surface area (Å²) in [7, 11) is 0. The molecule has 0 fully saturated rings. The molecule has 0 aromatic rings. The average Bonchev–Trinajstić information content (AvgIpc) is 0.918. The van der Waals surface area contributed by atoms with Crippen molar-refractivity contribution in [2.45, 2.75) is 6.92 Å². The quantitative estimate of drug-likeness (QED) is 0.293. The second-order valence-electron chi connectivity index (χ2n) is 0.289. The van der Waals surface area contributed by atoms with Crippen LogP contribution in [0.15, 0.2) is 0 Å². The van der Waals surface area contributed by atoms with Crippen molar-refractivity contribution in [3.63, 3.8) is 0 Å². The van der Waals surface area contributed by atoms with Crippen molar-refractivity contribution in [1.82, 2.24) is 0 Å². The summed E-state index contributed by atoms with van der Waals surface area (Å²) < 4.78 is 0. The molecular formula is C3H7P. The highest BCUT2D eigenvalue weighted by molar-refractivity contribution is 6.92. The predicted octanol–water partition coefficient (Wildman–Crippen LogP) is 0.698. The largest absolute Gasteiger partial charge is 0.153 e. The minimum Gasteiger partial charge on any atom is -0.153 e. The summed E-state index contributed by atoms with van der Waals surface area (Å²) in [5.41, 5.74) is 0. The van der Waals surface area contributed by atoms with Crippen LogP contribution in [0.1, 0.15) is 6.92 Å². The highest BCUT2D eigenvalue weighted by Gasteiger charge is 1.09. The molecule has 0 aromatic heterocycles. The van der Waals surface area contributed by atoms with Crippen molar-refractivity contribution in [1.29, 1.82) is 0 Å². The molecule has 0 aromatic carbocycles. The normalized spacial score (nSPS) is 2.00. The molecule has 0 radical (unpaired) electrons. The second-order valence-corrected chi connectivity index (χ2v) is 0.289. The minimum absolute atomic E-state index is 0. The maximum absolute atomic E-state index is 4.60. The zero-order chi connectivity index (χ0) is 2.71. The van der Waals surface area contributed by atoms with E-state index in [0.717, 1.165) is 0 Å². The van der Waals surface area contributed by atoms with Gasteiger partial charge >= 0.3 is 0 Å². The molecule has 24 valence electrons. The summed E-state index contributed by atoms with van der Waals surface area (Å²) in [5, 5.41) is 0. The Morgan fingerprint density at radius 1 is 1.75 bits per heavy atom. The van der Waals surface area contributed by atoms with Crippen molar-refractivity contribution >= 4 is 9.90 Å². The SMILES string of the molecule is C#CC.P. The van der Waals surface area contributed by atoms with E-state index in [0.29, 0.717) is 0 Å². The number of terminal acetylenes is 1. The van der Waals surface area contributed by atoms with E-state index in [1.54, 1.807) is 6.92 Å². The van der Waals surface area contributed by atoms with E-state index < -0.39 is 0 Å². The molecule has 0 rings (SSSR count). The van der Waals surface area contributed by atoms with Gasteiger partial charge in [-0.15, -0.1) is 12.3 Å². The molecule has 1 atom stereocenters. The van der Waals surface area contributed by atoms with E-state index in [-0.39, 0.29) is 9.90 Å². The van der Waals surface area contributed by atoms with Gasteiger partial charge in [-0.05, 0) is 6.92 Å². The lowest BCUT2D eigenvalue weighted by atomic mass is 10.9. The summed E-state index contributed by atoms with van der Waals surface area (Å²) in [6.07, 6.45) is 4.60. The van der Waals surface area contributed by atoms with Gasteiger partial charge in [0.15, 0.2) is 0 Å². The lowest BCUT2D eigenvalue weighted by Crippen LogP contribution is -1.10. The lowest BCUT2D eigenvalue weighted by Gasteiger charge is -1.23. The first kappa shape index (κ1) is 9.01. The molecule has 4 heavy (non-hydrogen) atoms. The Bertz CT molecular complexity index is 24.8. The fourth-order valence-corrected chi connectivity index (χ4v) is 0. The van der Waals surface area contributed by atoms with Crippen molar-refractivity contribution in [2.24, 2.45) is 0 Å². The smallest absolute Gasteiger partial charge is 0.00297 e. The van der Waals surface area contributed by atoms with Crippen molar-refractivity contribution in [3.8, 4) is 12.3 Å². The fraction of sp³-hybridized carbons (Fsp3) is 0.333. The molecule has 0 aliphatic heterocycles. The third kappa shape index (κ3) is 19500. The molecule has 0 nitrogen and oxygen atoms in total. The maximum Gasteiger partial charge on any atom is -0.00297 e. The van der Waals surface area contributed by atoms with Crippen LogP contribution in [-0.2, 0) is 0 Å². The molecule has 0 bridgehead atoms. The van der Waals surface area contributed by atoms with Gasteiger partial charge in [-0.3, -0.25) is 0 Å². The topological polar surface area (TPSA) is 0 Å². The highest BCUT2D eigenvalue weighted by atomic mass is 31.0. The first-order valence-electron chi connectivity index (χ1n) is 0.789. The van der Waals surface area contributed by atoms with E-state index in [9.17, 15) is 0 Å². The average molecular weight is 74.1 g/mol. The van der Waals surface area contributed by atoms with Crippen LogP contribution in [0.25, 0.3) is 0 Å². The Balaban J connectivity index is 0. The van der Waals surface area contributed by atoms with Crippen molar-refractivity contribution < 1.29 is 0 Å². The zero-order valence-corrected chi connectivity index (χ0v) is 4.20. The molecule has 0 N–H and O–H groups in total. The predicted molar refractivity (Wildman–Crippen MR) is 25.6 cm³/mol. The Hall–Kier alpha value is -0.0100. The van der Waals surface area contributed by atoms with Gasteiger partial charge in [0, 0.05) is 0 Å². The monoisotopic (exact) mass is 74.0 g/mol.